The predicted molar refractivity (Wildman–Crippen MR) is 90.7 cm³/mol. The smallest absolute Gasteiger partial charge is 0.277 e. The highest BCUT2D eigenvalue weighted by Crippen LogP contribution is 2.16. The normalized spacial score (nSPS) is 11.0. The van der Waals surface area contributed by atoms with Gasteiger partial charge in [-0.3, -0.25) is 4.79 Å². The maximum atomic E-state index is 11.8. The van der Waals surface area contributed by atoms with Crippen molar-refractivity contribution in [2.75, 3.05) is 6.61 Å². The van der Waals surface area contributed by atoms with E-state index in [0.717, 1.165) is 22.0 Å². The fraction of sp³-hybridized carbons (Fsp3) is 0.111. The van der Waals surface area contributed by atoms with Crippen LogP contribution in [0, 0.1) is 6.92 Å². The number of fused-ring (bicyclic) bond motifs is 1. The monoisotopic (exact) mass is 307 g/mol. The number of aryl methyl sites for hydroxylation is 1. The molecule has 5 nitrogen and oxygen atoms in total. The lowest BCUT2D eigenvalue weighted by atomic mass is 10.2. The second-order valence-corrected chi connectivity index (χ2v) is 5.14. The summed E-state index contributed by atoms with van der Waals surface area (Å²) in [5.41, 5.74) is 5.40. The van der Waals surface area contributed by atoms with Crippen LogP contribution in [0.2, 0.25) is 0 Å². The first-order valence-electron chi connectivity index (χ1n) is 7.30. The Kier molecular flexibility index (Phi) is 4.38. The number of hydrazone groups is 1. The Balaban J connectivity index is 1.55. The molecule has 3 aromatic rings. The van der Waals surface area contributed by atoms with Gasteiger partial charge in [0, 0.05) is 22.7 Å². The third kappa shape index (κ3) is 3.58. The second-order valence-electron chi connectivity index (χ2n) is 5.14. The standard InChI is InChI=1S/C18H17N3O2/c1-13-6-2-5-9-17(13)23-12-18(22)21-20-11-14-10-19-16-8-4-3-7-15(14)16/h2-11,19H,12H2,1H3,(H,21,22)/b20-11-. The number of H-pyrrole nitrogens is 1. The van der Waals surface area contributed by atoms with Crippen molar-refractivity contribution in [1.29, 1.82) is 0 Å². The molecule has 0 saturated carbocycles. The minimum absolute atomic E-state index is 0.0733. The highest BCUT2D eigenvalue weighted by atomic mass is 16.5. The molecular formula is C18H17N3O2. The van der Waals surface area contributed by atoms with Gasteiger partial charge in [-0.2, -0.15) is 5.10 Å². The topological polar surface area (TPSA) is 66.5 Å². The molecule has 23 heavy (non-hydrogen) atoms. The van der Waals surface area contributed by atoms with Crippen LogP contribution in [-0.2, 0) is 4.79 Å². The van der Waals surface area contributed by atoms with Crippen molar-refractivity contribution in [3.63, 3.8) is 0 Å². The van der Waals surface area contributed by atoms with Gasteiger partial charge in [-0.1, -0.05) is 36.4 Å². The van der Waals surface area contributed by atoms with E-state index in [2.05, 4.69) is 15.5 Å². The highest BCUT2D eigenvalue weighted by molar-refractivity contribution is 5.99. The van der Waals surface area contributed by atoms with Crippen LogP contribution < -0.4 is 10.2 Å². The Morgan fingerprint density at radius 1 is 1.22 bits per heavy atom. The molecular weight excluding hydrogens is 290 g/mol. The van der Waals surface area contributed by atoms with Crippen molar-refractivity contribution in [2.45, 2.75) is 6.92 Å². The van der Waals surface area contributed by atoms with Gasteiger partial charge < -0.3 is 9.72 Å². The van der Waals surface area contributed by atoms with E-state index in [4.69, 9.17) is 4.74 Å². The largest absolute Gasteiger partial charge is 0.483 e. The number of ether oxygens (including phenoxy) is 1. The maximum Gasteiger partial charge on any atom is 0.277 e. The van der Waals surface area contributed by atoms with Gasteiger partial charge in [-0.05, 0) is 24.6 Å². The molecule has 1 heterocycles. The van der Waals surface area contributed by atoms with Crippen LogP contribution in [-0.4, -0.2) is 23.7 Å². The SMILES string of the molecule is Cc1ccccc1OCC(=O)N/N=C\c1c[nH]c2ccccc12. The number of rotatable bonds is 5. The fourth-order valence-corrected chi connectivity index (χ4v) is 2.27. The van der Waals surface area contributed by atoms with E-state index in [9.17, 15) is 4.79 Å². The second kappa shape index (κ2) is 6.79. The number of nitrogens with one attached hydrogen (secondary N) is 2. The third-order valence-electron chi connectivity index (χ3n) is 3.47. The summed E-state index contributed by atoms with van der Waals surface area (Å²) in [7, 11) is 0. The zero-order valence-corrected chi connectivity index (χ0v) is 12.7. The minimum atomic E-state index is -0.302. The van der Waals surface area contributed by atoms with Crippen LogP contribution in [0.4, 0.5) is 0 Å². The zero-order valence-electron chi connectivity index (χ0n) is 12.7. The first-order chi connectivity index (χ1) is 11.2. The van der Waals surface area contributed by atoms with Crippen molar-refractivity contribution >= 4 is 23.0 Å². The molecule has 0 spiro atoms. The Morgan fingerprint density at radius 2 is 2.00 bits per heavy atom. The Morgan fingerprint density at radius 3 is 2.87 bits per heavy atom. The van der Waals surface area contributed by atoms with Gasteiger partial charge in [0.1, 0.15) is 5.75 Å². The van der Waals surface area contributed by atoms with E-state index < -0.39 is 0 Å². The molecule has 2 N–H and O–H groups in total. The fourth-order valence-electron chi connectivity index (χ4n) is 2.27. The quantitative estimate of drug-likeness (QED) is 0.562. The van der Waals surface area contributed by atoms with Crippen LogP contribution in [0.15, 0.2) is 59.8 Å². The molecule has 1 amide bonds. The molecule has 0 saturated heterocycles. The van der Waals surface area contributed by atoms with Crippen molar-refractivity contribution in [1.82, 2.24) is 10.4 Å². The summed E-state index contributed by atoms with van der Waals surface area (Å²) in [5, 5.41) is 5.03. The number of amides is 1. The van der Waals surface area contributed by atoms with E-state index in [1.54, 1.807) is 6.21 Å². The molecule has 116 valence electrons. The molecule has 1 aromatic heterocycles. The number of benzene rings is 2. The van der Waals surface area contributed by atoms with E-state index in [-0.39, 0.29) is 12.5 Å². The van der Waals surface area contributed by atoms with Gasteiger partial charge >= 0.3 is 0 Å². The number of nitrogens with zero attached hydrogens (tertiary/aromatic N) is 1. The predicted octanol–water partition coefficient (Wildman–Crippen LogP) is 3.01. The molecule has 0 radical (unpaired) electrons. The van der Waals surface area contributed by atoms with Crippen molar-refractivity contribution in [2.24, 2.45) is 5.10 Å². The van der Waals surface area contributed by atoms with E-state index >= 15 is 0 Å². The Bertz CT molecular complexity index is 852. The number of aromatic amines is 1. The summed E-state index contributed by atoms with van der Waals surface area (Å²) in [6.07, 6.45) is 3.47. The molecule has 0 fully saturated rings. The van der Waals surface area contributed by atoms with Gasteiger partial charge in [0.25, 0.3) is 5.91 Å². The summed E-state index contributed by atoms with van der Waals surface area (Å²) in [6, 6.07) is 15.5. The molecule has 0 aliphatic carbocycles. The summed E-state index contributed by atoms with van der Waals surface area (Å²) < 4.78 is 5.46. The summed E-state index contributed by atoms with van der Waals surface area (Å²) in [4.78, 5) is 14.9. The van der Waals surface area contributed by atoms with Crippen LogP contribution in [0.25, 0.3) is 10.9 Å². The molecule has 0 bridgehead atoms. The van der Waals surface area contributed by atoms with E-state index in [1.165, 1.54) is 0 Å². The number of carbonyl (C=O) groups excluding carboxylic acids is 1. The number of aromatic nitrogens is 1. The third-order valence-corrected chi connectivity index (χ3v) is 3.47. The lowest BCUT2D eigenvalue weighted by Crippen LogP contribution is -2.24. The zero-order chi connectivity index (χ0) is 16.1. The maximum absolute atomic E-state index is 11.8. The van der Waals surface area contributed by atoms with Crippen LogP contribution >= 0.6 is 0 Å². The van der Waals surface area contributed by atoms with Crippen LogP contribution in [0.5, 0.6) is 5.75 Å². The Hall–Kier alpha value is -3.08. The lowest BCUT2D eigenvalue weighted by molar-refractivity contribution is -0.123. The van der Waals surface area contributed by atoms with Crippen molar-refractivity contribution in [3.8, 4) is 5.75 Å². The first kappa shape index (κ1) is 14.8. The summed E-state index contributed by atoms with van der Waals surface area (Å²) >= 11 is 0. The van der Waals surface area contributed by atoms with Crippen LogP contribution in [0.1, 0.15) is 11.1 Å². The number of hydrogen-bond donors (Lipinski definition) is 2. The molecule has 2 aromatic carbocycles. The summed E-state index contributed by atoms with van der Waals surface area (Å²) in [5.74, 6) is 0.396. The van der Waals surface area contributed by atoms with Gasteiger partial charge in [-0.15, -0.1) is 0 Å². The number of hydrogen-bond acceptors (Lipinski definition) is 3. The van der Waals surface area contributed by atoms with E-state index in [0.29, 0.717) is 5.75 Å². The van der Waals surface area contributed by atoms with Crippen LogP contribution in [0.3, 0.4) is 0 Å². The number of para-hydroxylation sites is 2. The molecule has 0 aliphatic rings. The van der Waals surface area contributed by atoms with E-state index in [1.807, 2.05) is 61.7 Å². The van der Waals surface area contributed by atoms with Crippen molar-refractivity contribution < 1.29 is 9.53 Å². The van der Waals surface area contributed by atoms with Gasteiger partial charge in [0.2, 0.25) is 0 Å². The average Bonchev–Trinajstić information content (AvgIpc) is 2.98. The average molecular weight is 307 g/mol. The molecule has 0 aliphatic heterocycles. The lowest BCUT2D eigenvalue weighted by Gasteiger charge is -2.07. The Labute approximate surface area is 134 Å². The minimum Gasteiger partial charge on any atom is -0.483 e. The molecule has 0 unspecified atom stereocenters. The summed E-state index contributed by atoms with van der Waals surface area (Å²) in [6.45, 7) is 1.86. The molecule has 5 heteroatoms. The van der Waals surface area contributed by atoms with Gasteiger partial charge in [0.15, 0.2) is 6.61 Å². The highest BCUT2D eigenvalue weighted by Gasteiger charge is 2.04. The van der Waals surface area contributed by atoms with Gasteiger partial charge in [-0.25, -0.2) is 5.43 Å². The number of carbonyl (C=O) groups is 1. The molecule has 0 atom stereocenters. The van der Waals surface area contributed by atoms with Gasteiger partial charge in [0.05, 0.1) is 6.21 Å². The van der Waals surface area contributed by atoms with Crippen molar-refractivity contribution in [3.05, 3.63) is 65.9 Å². The first-order valence-corrected chi connectivity index (χ1v) is 7.30. The molecule has 3 rings (SSSR count).